The van der Waals surface area contributed by atoms with Crippen molar-refractivity contribution in [3.05, 3.63) is 39.8 Å². The third-order valence-electron chi connectivity index (χ3n) is 7.02. The second-order valence-corrected chi connectivity index (χ2v) is 13.0. The van der Waals surface area contributed by atoms with Crippen LogP contribution in [0.15, 0.2) is 28.1 Å². The van der Waals surface area contributed by atoms with Crippen LogP contribution in [0.2, 0.25) is 10.0 Å². The summed E-state index contributed by atoms with van der Waals surface area (Å²) in [5.74, 6) is 0.414. The number of aromatic amines is 1. The van der Waals surface area contributed by atoms with E-state index in [0.29, 0.717) is 28.7 Å². The molecule has 6 nitrogen and oxygen atoms in total. The quantitative estimate of drug-likeness (QED) is 0.143. The van der Waals surface area contributed by atoms with Gasteiger partial charge in [0.15, 0.2) is 6.10 Å². The first-order valence-electron chi connectivity index (χ1n) is 15.5. The summed E-state index contributed by atoms with van der Waals surface area (Å²) in [7, 11) is 0. The molecule has 2 aromatic rings. The van der Waals surface area contributed by atoms with Crippen LogP contribution in [-0.4, -0.2) is 22.0 Å². The van der Waals surface area contributed by atoms with Gasteiger partial charge in [-0.25, -0.2) is 9.78 Å². The van der Waals surface area contributed by atoms with E-state index in [4.69, 9.17) is 32.9 Å². The zero-order valence-electron chi connectivity index (χ0n) is 25.3. The molecule has 1 aromatic heterocycles. The lowest BCUT2D eigenvalue weighted by atomic mass is 10.0. The van der Waals surface area contributed by atoms with Crippen LogP contribution >= 0.6 is 35.0 Å². The van der Waals surface area contributed by atoms with E-state index in [0.717, 1.165) is 34.9 Å². The molecule has 1 atom stereocenters. The number of H-pyrrole nitrogens is 1. The SMILES string of the molecule is CCCCCCCCCCCCCCCC(=O)NC(=O)OC(CC)c1nc(Sc2cc(Cl)cc(Cl)c2)c(C(C)C)[nH]1. The third kappa shape index (κ3) is 14.4. The van der Waals surface area contributed by atoms with Gasteiger partial charge in [-0.3, -0.25) is 10.1 Å². The topological polar surface area (TPSA) is 84.1 Å². The number of amides is 2. The van der Waals surface area contributed by atoms with Crippen molar-refractivity contribution in [1.82, 2.24) is 15.3 Å². The maximum Gasteiger partial charge on any atom is 0.414 e. The van der Waals surface area contributed by atoms with E-state index < -0.39 is 12.2 Å². The zero-order chi connectivity index (χ0) is 30.0. The van der Waals surface area contributed by atoms with Crippen molar-refractivity contribution >= 4 is 47.0 Å². The van der Waals surface area contributed by atoms with Gasteiger partial charge < -0.3 is 9.72 Å². The summed E-state index contributed by atoms with van der Waals surface area (Å²) in [6, 6.07) is 5.35. The predicted octanol–water partition coefficient (Wildman–Crippen LogP) is 11.2. The van der Waals surface area contributed by atoms with Gasteiger partial charge in [0, 0.05) is 21.4 Å². The molecule has 230 valence electrons. The Hall–Kier alpha value is -1.70. The minimum atomic E-state index is -0.741. The van der Waals surface area contributed by atoms with Gasteiger partial charge in [0.25, 0.3) is 0 Å². The summed E-state index contributed by atoms with van der Waals surface area (Å²) in [5, 5.41) is 4.26. The first-order valence-corrected chi connectivity index (χ1v) is 17.0. The Bertz CT molecular complexity index is 1040. The molecule has 0 bridgehead atoms. The standard InChI is InChI=1S/C32H49Cl2N3O3S/c1-5-7-8-9-10-11-12-13-14-15-16-17-18-19-28(38)35-32(39)40-27(6-2)30-36-29(23(3)4)31(37-30)41-26-21-24(33)20-25(34)22-26/h20-23,27H,5-19H2,1-4H3,(H,36,37)(H,35,38,39). The lowest BCUT2D eigenvalue weighted by molar-refractivity contribution is -0.120. The molecule has 2 N–H and O–H groups in total. The molecule has 41 heavy (non-hydrogen) atoms. The number of nitrogens with zero attached hydrogens (tertiary/aromatic N) is 1. The summed E-state index contributed by atoms with van der Waals surface area (Å²) in [6.07, 6.45) is 15.7. The Balaban J connectivity index is 1.71. The molecule has 0 aliphatic rings. The largest absolute Gasteiger partial charge is 0.438 e. The number of nitrogens with one attached hydrogen (secondary N) is 2. The van der Waals surface area contributed by atoms with Crippen molar-refractivity contribution in [2.24, 2.45) is 0 Å². The van der Waals surface area contributed by atoms with Gasteiger partial charge in [0.1, 0.15) is 10.9 Å². The molecule has 0 spiro atoms. The van der Waals surface area contributed by atoms with Crippen molar-refractivity contribution in [3.8, 4) is 0 Å². The van der Waals surface area contributed by atoms with E-state index in [1.807, 2.05) is 19.1 Å². The number of rotatable bonds is 20. The first-order chi connectivity index (χ1) is 19.7. The zero-order valence-corrected chi connectivity index (χ0v) is 27.7. The van der Waals surface area contributed by atoms with Gasteiger partial charge >= 0.3 is 6.09 Å². The molecule has 1 heterocycles. The van der Waals surface area contributed by atoms with Gasteiger partial charge in [0.2, 0.25) is 5.91 Å². The molecule has 1 unspecified atom stereocenters. The lowest BCUT2D eigenvalue weighted by Crippen LogP contribution is -2.32. The number of ether oxygens (including phenoxy) is 1. The van der Waals surface area contributed by atoms with E-state index in [1.54, 1.807) is 6.07 Å². The van der Waals surface area contributed by atoms with Crippen LogP contribution in [0.25, 0.3) is 0 Å². The fraction of sp³-hybridized carbons (Fsp3) is 0.656. The fourth-order valence-corrected chi connectivity index (χ4v) is 6.47. The van der Waals surface area contributed by atoms with E-state index in [1.165, 1.54) is 76.0 Å². The molecule has 0 saturated carbocycles. The molecule has 0 radical (unpaired) electrons. The lowest BCUT2D eigenvalue weighted by Gasteiger charge is -2.14. The van der Waals surface area contributed by atoms with E-state index in [9.17, 15) is 9.59 Å². The number of alkyl carbamates (subject to hydrolysis) is 1. The average molecular weight is 627 g/mol. The summed E-state index contributed by atoms with van der Waals surface area (Å²) in [6.45, 7) is 8.30. The molecule has 1 aromatic carbocycles. The highest BCUT2D eigenvalue weighted by molar-refractivity contribution is 7.99. The number of hydrogen-bond donors (Lipinski definition) is 2. The number of carbonyl (C=O) groups excluding carboxylic acids is 2. The maximum absolute atomic E-state index is 12.5. The highest BCUT2D eigenvalue weighted by Crippen LogP contribution is 2.36. The minimum Gasteiger partial charge on any atom is -0.438 e. The van der Waals surface area contributed by atoms with Crippen LogP contribution in [0.3, 0.4) is 0 Å². The highest BCUT2D eigenvalue weighted by atomic mass is 35.5. The molecule has 0 aliphatic carbocycles. The van der Waals surface area contributed by atoms with Crippen molar-refractivity contribution in [2.75, 3.05) is 0 Å². The summed E-state index contributed by atoms with van der Waals surface area (Å²) < 4.78 is 5.60. The minimum absolute atomic E-state index is 0.168. The fourth-order valence-electron chi connectivity index (χ4n) is 4.68. The number of imidazole rings is 1. The predicted molar refractivity (Wildman–Crippen MR) is 171 cm³/mol. The molecule has 2 rings (SSSR count). The van der Waals surface area contributed by atoms with Gasteiger partial charge in [-0.2, -0.15) is 0 Å². The summed E-state index contributed by atoms with van der Waals surface area (Å²) in [4.78, 5) is 33.7. The van der Waals surface area contributed by atoms with Crippen molar-refractivity contribution < 1.29 is 14.3 Å². The number of aromatic nitrogens is 2. The van der Waals surface area contributed by atoms with Gasteiger partial charge in [-0.1, -0.05) is 140 Å². The number of carbonyl (C=O) groups is 2. The van der Waals surface area contributed by atoms with Crippen molar-refractivity contribution in [1.29, 1.82) is 0 Å². The van der Waals surface area contributed by atoms with Crippen LogP contribution in [0.5, 0.6) is 0 Å². The molecule has 0 aliphatic heterocycles. The molecule has 9 heteroatoms. The monoisotopic (exact) mass is 625 g/mol. The second-order valence-electron chi connectivity index (χ2n) is 11.0. The molecule has 2 amide bonds. The van der Waals surface area contributed by atoms with Gasteiger partial charge in [-0.05, 0) is 37.0 Å². The van der Waals surface area contributed by atoms with Crippen LogP contribution in [0, 0.1) is 0 Å². The van der Waals surface area contributed by atoms with Crippen LogP contribution in [0.1, 0.15) is 148 Å². The maximum atomic E-state index is 12.5. The summed E-state index contributed by atoms with van der Waals surface area (Å²) >= 11 is 13.8. The number of benzene rings is 1. The van der Waals surface area contributed by atoms with Crippen LogP contribution < -0.4 is 5.32 Å². The van der Waals surface area contributed by atoms with Crippen molar-refractivity contribution in [2.45, 2.75) is 146 Å². The number of halogens is 2. The Morgan fingerprint density at radius 1 is 0.878 bits per heavy atom. The average Bonchev–Trinajstić information content (AvgIpc) is 3.33. The Labute approximate surface area is 261 Å². The van der Waals surface area contributed by atoms with Gasteiger partial charge in [-0.15, -0.1) is 0 Å². The Morgan fingerprint density at radius 3 is 1.93 bits per heavy atom. The number of hydrogen-bond acceptors (Lipinski definition) is 5. The van der Waals surface area contributed by atoms with E-state index >= 15 is 0 Å². The first kappa shape index (κ1) is 35.5. The third-order valence-corrected chi connectivity index (χ3v) is 8.43. The second kappa shape index (κ2) is 20.2. The smallest absolute Gasteiger partial charge is 0.414 e. The molecular formula is C32H49Cl2N3O3S. The summed E-state index contributed by atoms with van der Waals surface area (Å²) in [5.41, 5.74) is 0.932. The van der Waals surface area contributed by atoms with E-state index in [-0.39, 0.29) is 11.8 Å². The molecule has 0 saturated heterocycles. The molecular weight excluding hydrogens is 577 g/mol. The van der Waals surface area contributed by atoms with Crippen LogP contribution in [-0.2, 0) is 9.53 Å². The van der Waals surface area contributed by atoms with Crippen LogP contribution in [0.4, 0.5) is 4.79 Å². The number of imide groups is 1. The van der Waals surface area contributed by atoms with E-state index in [2.05, 4.69) is 31.1 Å². The molecule has 0 fully saturated rings. The highest BCUT2D eigenvalue weighted by Gasteiger charge is 2.23. The van der Waals surface area contributed by atoms with Crippen molar-refractivity contribution in [3.63, 3.8) is 0 Å². The van der Waals surface area contributed by atoms with Gasteiger partial charge in [0.05, 0.1) is 5.69 Å². The Kier molecular flexibility index (Phi) is 17.5. The number of unbranched alkanes of at least 4 members (excludes halogenated alkanes) is 12. The Morgan fingerprint density at radius 2 is 1.41 bits per heavy atom. The normalized spacial score (nSPS) is 12.1.